The largest absolute Gasteiger partial charge is 0.376 e. The van der Waals surface area contributed by atoms with Crippen LogP contribution in [0.2, 0.25) is 0 Å². The van der Waals surface area contributed by atoms with Crippen LogP contribution in [0.1, 0.15) is 25.7 Å². The molecule has 1 rings (SSSR count). The summed E-state index contributed by atoms with van der Waals surface area (Å²) in [5.74, 6) is -0.0810. The first kappa shape index (κ1) is 11.5. The molecule has 1 aliphatic carbocycles. The van der Waals surface area contributed by atoms with Gasteiger partial charge in [-0.05, 0) is 12.8 Å². The van der Waals surface area contributed by atoms with Gasteiger partial charge in [0, 0.05) is 13.7 Å². The van der Waals surface area contributed by atoms with E-state index in [0.29, 0.717) is 19.3 Å². The van der Waals surface area contributed by atoms with Gasteiger partial charge in [0.05, 0.1) is 12.7 Å². The van der Waals surface area contributed by atoms with E-state index in [1.54, 1.807) is 0 Å². The lowest BCUT2D eigenvalue weighted by atomic mass is 10.3. The van der Waals surface area contributed by atoms with E-state index >= 15 is 0 Å². The van der Waals surface area contributed by atoms with Gasteiger partial charge in [-0.2, -0.15) is 0 Å². The first-order valence-corrected chi connectivity index (χ1v) is 5.20. The second-order valence-corrected chi connectivity index (χ2v) is 3.56. The minimum Gasteiger partial charge on any atom is -0.376 e. The highest BCUT2D eigenvalue weighted by Crippen LogP contribution is 2.20. The van der Waals surface area contributed by atoms with Gasteiger partial charge in [-0.25, -0.2) is 0 Å². The van der Waals surface area contributed by atoms with E-state index in [1.165, 1.54) is 32.8 Å². The maximum absolute atomic E-state index is 10.9. The zero-order valence-corrected chi connectivity index (χ0v) is 8.75. The summed E-state index contributed by atoms with van der Waals surface area (Å²) in [4.78, 5) is 10.9. The zero-order valence-electron chi connectivity index (χ0n) is 8.75. The minimum atomic E-state index is -0.0810. The molecule has 0 aliphatic heterocycles. The van der Waals surface area contributed by atoms with Crippen LogP contribution in [0, 0.1) is 0 Å². The van der Waals surface area contributed by atoms with Gasteiger partial charge in [-0.1, -0.05) is 12.8 Å². The number of rotatable bonds is 6. The first-order valence-electron chi connectivity index (χ1n) is 5.20. The van der Waals surface area contributed by atoms with Gasteiger partial charge in [0.15, 0.2) is 0 Å². The Morgan fingerprint density at radius 3 is 2.79 bits per heavy atom. The topological polar surface area (TPSA) is 47.6 Å². The molecule has 1 fully saturated rings. The molecule has 0 saturated heterocycles. The van der Waals surface area contributed by atoms with Crippen molar-refractivity contribution in [3.8, 4) is 0 Å². The molecule has 0 atom stereocenters. The fourth-order valence-electron chi connectivity index (χ4n) is 1.65. The molecule has 0 aromatic rings. The lowest BCUT2D eigenvalue weighted by Gasteiger charge is -2.11. The fourth-order valence-corrected chi connectivity index (χ4v) is 1.65. The number of hydrogen-bond acceptors (Lipinski definition) is 3. The van der Waals surface area contributed by atoms with Crippen LogP contribution in [-0.4, -0.2) is 38.9 Å². The quantitative estimate of drug-likeness (QED) is 0.644. The van der Waals surface area contributed by atoms with Crippen molar-refractivity contribution in [3.05, 3.63) is 0 Å². The van der Waals surface area contributed by atoms with Crippen molar-refractivity contribution in [3.63, 3.8) is 0 Å². The molecular weight excluding hydrogens is 182 g/mol. The number of hydrogen-bond donors (Lipinski definition) is 1. The Labute approximate surface area is 85.0 Å². The van der Waals surface area contributed by atoms with Crippen molar-refractivity contribution >= 4 is 5.91 Å². The Morgan fingerprint density at radius 1 is 1.43 bits per heavy atom. The second-order valence-electron chi connectivity index (χ2n) is 3.56. The molecule has 1 amide bonds. The molecule has 14 heavy (non-hydrogen) atoms. The van der Waals surface area contributed by atoms with Crippen LogP contribution < -0.4 is 5.32 Å². The van der Waals surface area contributed by atoms with E-state index in [4.69, 9.17) is 4.74 Å². The molecule has 0 heterocycles. The lowest BCUT2D eigenvalue weighted by molar-refractivity contribution is -0.125. The van der Waals surface area contributed by atoms with E-state index in [-0.39, 0.29) is 12.5 Å². The van der Waals surface area contributed by atoms with E-state index < -0.39 is 0 Å². The van der Waals surface area contributed by atoms with Gasteiger partial charge >= 0.3 is 0 Å². The third-order valence-corrected chi connectivity index (χ3v) is 2.36. The van der Waals surface area contributed by atoms with Crippen LogP contribution in [0.4, 0.5) is 0 Å². The van der Waals surface area contributed by atoms with Crippen molar-refractivity contribution < 1.29 is 14.3 Å². The van der Waals surface area contributed by atoms with Crippen LogP contribution in [0.5, 0.6) is 0 Å². The summed E-state index contributed by atoms with van der Waals surface area (Å²) in [6.45, 7) is 1.32. The standard InChI is InChI=1S/C10H19NO3/c1-13-8-10(12)11-6-7-14-9-4-2-3-5-9/h9H,2-8H2,1H3,(H,11,12). The predicted molar refractivity (Wildman–Crippen MR) is 53.1 cm³/mol. The minimum absolute atomic E-state index is 0.0810. The van der Waals surface area contributed by atoms with Gasteiger partial charge in [-0.3, -0.25) is 4.79 Å². The molecule has 4 nitrogen and oxygen atoms in total. The molecule has 4 heteroatoms. The first-order chi connectivity index (χ1) is 6.83. The SMILES string of the molecule is COCC(=O)NCCOC1CCCC1. The van der Waals surface area contributed by atoms with E-state index in [2.05, 4.69) is 10.1 Å². The normalized spacial score (nSPS) is 17.2. The summed E-state index contributed by atoms with van der Waals surface area (Å²) in [5, 5.41) is 2.72. The molecule has 0 aromatic carbocycles. The highest BCUT2D eigenvalue weighted by atomic mass is 16.5. The zero-order chi connectivity index (χ0) is 10.2. The van der Waals surface area contributed by atoms with Crippen LogP contribution in [-0.2, 0) is 14.3 Å². The maximum atomic E-state index is 10.9. The molecule has 0 unspecified atom stereocenters. The van der Waals surface area contributed by atoms with Gasteiger partial charge in [-0.15, -0.1) is 0 Å². The van der Waals surface area contributed by atoms with Crippen LogP contribution in [0.3, 0.4) is 0 Å². The average Bonchev–Trinajstić information content (AvgIpc) is 2.65. The van der Waals surface area contributed by atoms with Gasteiger partial charge in [0.25, 0.3) is 0 Å². The number of amides is 1. The van der Waals surface area contributed by atoms with Crippen molar-refractivity contribution in [2.45, 2.75) is 31.8 Å². The highest BCUT2D eigenvalue weighted by Gasteiger charge is 2.14. The van der Waals surface area contributed by atoms with Gasteiger partial charge in [0.1, 0.15) is 6.61 Å². The van der Waals surface area contributed by atoms with Gasteiger partial charge in [0.2, 0.25) is 5.91 Å². The number of ether oxygens (including phenoxy) is 2. The third kappa shape index (κ3) is 4.58. The summed E-state index contributed by atoms with van der Waals surface area (Å²) in [6.07, 6.45) is 5.33. The number of carbonyl (C=O) groups excluding carboxylic acids is 1. The van der Waals surface area contributed by atoms with Crippen LogP contribution in [0.15, 0.2) is 0 Å². The Morgan fingerprint density at radius 2 is 2.14 bits per heavy atom. The summed E-state index contributed by atoms with van der Waals surface area (Å²) in [7, 11) is 1.51. The smallest absolute Gasteiger partial charge is 0.246 e. The Bertz CT molecular complexity index is 167. The van der Waals surface area contributed by atoms with Crippen molar-refractivity contribution in [2.24, 2.45) is 0 Å². The van der Waals surface area contributed by atoms with Gasteiger partial charge < -0.3 is 14.8 Å². The molecule has 1 aliphatic rings. The number of nitrogens with one attached hydrogen (secondary N) is 1. The van der Waals surface area contributed by atoms with E-state index in [9.17, 15) is 4.79 Å². The molecule has 1 saturated carbocycles. The van der Waals surface area contributed by atoms with Crippen LogP contribution >= 0.6 is 0 Å². The Balaban J connectivity index is 1.90. The molecule has 0 bridgehead atoms. The van der Waals surface area contributed by atoms with E-state index in [1.807, 2.05) is 0 Å². The number of methoxy groups -OCH3 is 1. The maximum Gasteiger partial charge on any atom is 0.246 e. The summed E-state index contributed by atoms with van der Waals surface area (Å²) in [6, 6.07) is 0. The predicted octanol–water partition coefficient (Wildman–Crippen LogP) is 0.708. The summed E-state index contributed by atoms with van der Waals surface area (Å²) in [5.41, 5.74) is 0. The Kier molecular flexibility index (Phi) is 5.56. The molecule has 0 radical (unpaired) electrons. The molecule has 1 N–H and O–H groups in total. The molecular formula is C10H19NO3. The third-order valence-electron chi connectivity index (χ3n) is 2.36. The average molecular weight is 201 g/mol. The van der Waals surface area contributed by atoms with Crippen molar-refractivity contribution in [1.82, 2.24) is 5.32 Å². The molecule has 0 aromatic heterocycles. The summed E-state index contributed by atoms with van der Waals surface area (Å²) >= 11 is 0. The highest BCUT2D eigenvalue weighted by molar-refractivity contribution is 5.77. The fraction of sp³-hybridized carbons (Fsp3) is 0.900. The Hall–Kier alpha value is -0.610. The van der Waals surface area contributed by atoms with Crippen molar-refractivity contribution in [1.29, 1.82) is 0 Å². The summed E-state index contributed by atoms with van der Waals surface area (Å²) < 4.78 is 10.3. The number of carbonyl (C=O) groups is 1. The second kappa shape index (κ2) is 6.79. The molecule has 0 spiro atoms. The van der Waals surface area contributed by atoms with E-state index in [0.717, 1.165) is 0 Å². The lowest BCUT2D eigenvalue weighted by Crippen LogP contribution is -2.31. The van der Waals surface area contributed by atoms with Crippen molar-refractivity contribution in [2.75, 3.05) is 26.9 Å². The molecule has 82 valence electrons. The van der Waals surface area contributed by atoms with Crippen LogP contribution in [0.25, 0.3) is 0 Å². The monoisotopic (exact) mass is 201 g/mol.